The van der Waals surface area contributed by atoms with Crippen LogP contribution in [0.15, 0.2) is 28.7 Å². The highest BCUT2D eigenvalue weighted by Crippen LogP contribution is 2.25. The summed E-state index contributed by atoms with van der Waals surface area (Å²) in [6.07, 6.45) is 0.896. The number of halogens is 2. The number of hydrogen-bond acceptors (Lipinski definition) is 2. The monoisotopic (exact) mass is 342 g/mol. The Labute approximate surface area is 126 Å². The molecular formula is C14H16BrClN2O. The van der Waals surface area contributed by atoms with Gasteiger partial charge in [0.05, 0.1) is 21.7 Å². The van der Waals surface area contributed by atoms with Crippen molar-refractivity contribution >= 4 is 27.5 Å². The molecule has 0 aliphatic carbocycles. The van der Waals surface area contributed by atoms with E-state index in [-0.39, 0.29) is 0 Å². The van der Waals surface area contributed by atoms with E-state index >= 15 is 0 Å². The van der Waals surface area contributed by atoms with E-state index in [1.165, 1.54) is 0 Å². The molecule has 0 aliphatic rings. The molecule has 0 saturated carbocycles. The van der Waals surface area contributed by atoms with Crippen LogP contribution in [0.25, 0.3) is 0 Å². The Morgan fingerprint density at radius 3 is 2.74 bits per heavy atom. The van der Waals surface area contributed by atoms with E-state index in [9.17, 15) is 0 Å². The summed E-state index contributed by atoms with van der Waals surface area (Å²) in [5, 5.41) is 4.45. The first kappa shape index (κ1) is 14.4. The molecule has 0 bridgehead atoms. The lowest BCUT2D eigenvalue weighted by Gasteiger charge is -2.10. The second kappa shape index (κ2) is 6.44. The molecule has 0 amide bonds. The summed E-state index contributed by atoms with van der Waals surface area (Å²) in [5.41, 5.74) is 3.08. The molecule has 3 nitrogen and oxygen atoms in total. The van der Waals surface area contributed by atoms with Gasteiger partial charge in [0.2, 0.25) is 0 Å². The second-order valence-corrected chi connectivity index (χ2v) is 5.27. The van der Waals surface area contributed by atoms with Gasteiger partial charge in [-0.15, -0.1) is 11.6 Å². The average molecular weight is 344 g/mol. The van der Waals surface area contributed by atoms with E-state index in [0.29, 0.717) is 12.5 Å². The van der Waals surface area contributed by atoms with Crippen molar-refractivity contribution in [3.63, 3.8) is 0 Å². The van der Waals surface area contributed by atoms with E-state index < -0.39 is 0 Å². The van der Waals surface area contributed by atoms with Crippen LogP contribution in [0, 0.1) is 0 Å². The van der Waals surface area contributed by atoms with Gasteiger partial charge in [0.15, 0.2) is 0 Å². The molecule has 0 radical (unpaired) electrons. The van der Waals surface area contributed by atoms with Crippen molar-refractivity contribution in [2.75, 3.05) is 0 Å². The highest BCUT2D eigenvalue weighted by Gasteiger charge is 2.13. The Morgan fingerprint density at radius 1 is 1.37 bits per heavy atom. The normalized spacial score (nSPS) is 10.7. The van der Waals surface area contributed by atoms with Gasteiger partial charge in [0.25, 0.3) is 0 Å². The summed E-state index contributed by atoms with van der Waals surface area (Å²) in [6.45, 7) is 2.55. The minimum absolute atomic E-state index is 0.447. The van der Waals surface area contributed by atoms with Crippen molar-refractivity contribution in [3.05, 3.63) is 45.7 Å². The molecule has 19 heavy (non-hydrogen) atoms. The number of ether oxygens (including phenoxy) is 1. The van der Waals surface area contributed by atoms with Gasteiger partial charge in [-0.05, 0) is 28.4 Å². The van der Waals surface area contributed by atoms with Crippen molar-refractivity contribution in [3.8, 4) is 5.75 Å². The Morgan fingerprint density at radius 2 is 2.11 bits per heavy atom. The topological polar surface area (TPSA) is 27.1 Å². The van der Waals surface area contributed by atoms with Crippen molar-refractivity contribution < 1.29 is 4.74 Å². The number of rotatable bonds is 5. The van der Waals surface area contributed by atoms with Gasteiger partial charge in [-0.1, -0.05) is 25.1 Å². The zero-order valence-electron chi connectivity index (χ0n) is 11.0. The first-order chi connectivity index (χ1) is 9.17. The van der Waals surface area contributed by atoms with Crippen LogP contribution >= 0.6 is 27.5 Å². The maximum atomic E-state index is 5.90. The molecule has 0 saturated heterocycles. The second-order valence-electron chi connectivity index (χ2n) is 4.21. The lowest BCUT2D eigenvalue weighted by atomic mass is 10.2. The van der Waals surface area contributed by atoms with Gasteiger partial charge in [-0.25, -0.2) is 0 Å². The number of nitrogens with zero attached hydrogens (tertiary/aromatic N) is 2. The van der Waals surface area contributed by atoms with Crippen LogP contribution in [0.3, 0.4) is 0 Å². The lowest BCUT2D eigenvalue weighted by molar-refractivity contribution is 0.292. The van der Waals surface area contributed by atoms with Crippen LogP contribution < -0.4 is 4.74 Å². The molecule has 0 unspecified atom stereocenters. The van der Waals surface area contributed by atoms with Gasteiger partial charge in [0, 0.05) is 12.6 Å². The van der Waals surface area contributed by atoms with Crippen LogP contribution in [-0.2, 0) is 26.0 Å². The summed E-state index contributed by atoms with van der Waals surface area (Å²) in [4.78, 5) is 0. The third-order valence-electron chi connectivity index (χ3n) is 2.98. The SMILES string of the molecule is CCc1nn(C)c(COc2ccccc2CCl)c1Br. The Bertz CT molecular complexity index is 569. The molecule has 0 aliphatic heterocycles. The van der Waals surface area contributed by atoms with Gasteiger partial charge in [-0.3, -0.25) is 4.68 Å². The number of aromatic nitrogens is 2. The number of hydrogen-bond donors (Lipinski definition) is 0. The molecule has 2 aromatic rings. The van der Waals surface area contributed by atoms with Crippen LogP contribution in [0.5, 0.6) is 5.75 Å². The Kier molecular flexibility index (Phi) is 4.88. The quantitative estimate of drug-likeness (QED) is 0.765. The molecule has 0 atom stereocenters. The predicted octanol–water partition coefficient (Wildman–Crippen LogP) is 4.06. The van der Waals surface area contributed by atoms with Crippen molar-refractivity contribution in [2.45, 2.75) is 25.8 Å². The van der Waals surface area contributed by atoms with E-state index in [0.717, 1.165) is 33.6 Å². The standard InChI is InChI=1S/C14H16BrClN2O/c1-3-11-14(15)12(18(2)17-11)9-19-13-7-5-4-6-10(13)8-16/h4-7H,3,8-9H2,1-2H3. The maximum Gasteiger partial charge on any atom is 0.131 e. The van der Waals surface area contributed by atoms with Crippen molar-refractivity contribution in [1.29, 1.82) is 0 Å². The van der Waals surface area contributed by atoms with Gasteiger partial charge in [-0.2, -0.15) is 5.10 Å². The predicted molar refractivity (Wildman–Crippen MR) is 80.6 cm³/mol. The molecule has 2 rings (SSSR count). The fourth-order valence-electron chi connectivity index (χ4n) is 1.88. The average Bonchev–Trinajstić information content (AvgIpc) is 2.71. The van der Waals surface area contributed by atoms with Crippen LogP contribution in [-0.4, -0.2) is 9.78 Å². The first-order valence-electron chi connectivity index (χ1n) is 6.14. The van der Waals surface area contributed by atoms with E-state index in [1.807, 2.05) is 36.0 Å². The summed E-state index contributed by atoms with van der Waals surface area (Å²) in [6, 6.07) is 7.81. The molecule has 0 spiro atoms. The highest BCUT2D eigenvalue weighted by molar-refractivity contribution is 9.10. The van der Waals surface area contributed by atoms with Crippen LogP contribution in [0.1, 0.15) is 23.9 Å². The minimum Gasteiger partial charge on any atom is -0.487 e. The molecule has 0 N–H and O–H groups in total. The smallest absolute Gasteiger partial charge is 0.131 e. The summed E-state index contributed by atoms with van der Waals surface area (Å²) >= 11 is 9.48. The summed E-state index contributed by atoms with van der Waals surface area (Å²) in [5.74, 6) is 1.27. The van der Waals surface area contributed by atoms with Crippen molar-refractivity contribution in [1.82, 2.24) is 9.78 Å². The molecule has 5 heteroatoms. The zero-order valence-corrected chi connectivity index (χ0v) is 13.3. The van der Waals surface area contributed by atoms with Crippen molar-refractivity contribution in [2.24, 2.45) is 7.05 Å². The first-order valence-corrected chi connectivity index (χ1v) is 7.47. The highest BCUT2D eigenvalue weighted by atomic mass is 79.9. The molecule has 1 aromatic heterocycles. The fourth-order valence-corrected chi connectivity index (χ4v) is 2.83. The van der Waals surface area contributed by atoms with Gasteiger partial charge in [0.1, 0.15) is 12.4 Å². The molecule has 0 fully saturated rings. The van der Waals surface area contributed by atoms with Crippen LogP contribution in [0.2, 0.25) is 0 Å². The number of aryl methyl sites for hydroxylation is 2. The third kappa shape index (κ3) is 3.12. The minimum atomic E-state index is 0.447. The summed E-state index contributed by atoms with van der Waals surface area (Å²) in [7, 11) is 1.93. The molecular weight excluding hydrogens is 328 g/mol. The lowest BCUT2D eigenvalue weighted by Crippen LogP contribution is -2.04. The zero-order chi connectivity index (χ0) is 13.8. The molecule has 1 aromatic carbocycles. The fraction of sp³-hybridized carbons (Fsp3) is 0.357. The van der Waals surface area contributed by atoms with E-state index in [1.54, 1.807) is 0 Å². The van der Waals surface area contributed by atoms with Gasteiger partial charge >= 0.3 is 0 Å². The Hall–Kier alpha value is -1.000. The number of para-hydroxylation sites is 1. The number of benzene rings is 1. The number of alkyl halides is 1. The van der Waals surface area contributed by atoms with E-state index in [4.69, 9.17) is 16.3 Å². The Balaban J connectivity index is 2.17. The largest absolute Gasteiger partial charge is 0.487 e. The molecule has 1 heterocycles. The van der Waals surface area contributed by atoms with Crippen LogP contribution in [0.4, 0.5) is 0 Å². The maximum absolute atomic E-state index is 5.90. The molecule has 102 valence electrons. The van der Waals surface area contributed by atoms with E-state index in [2.05, 4.69) is 28.0 Å². The summed E-state index contributed by atoms with van der Waals surface area (Å²) < 4.78 is 8.74. The third-order valence-corrected chi connectivity index (χ3v) is 4.19. The van der Waals surface area contributed by atoms with Gasteiger partial charge < -0.3 is 4.74 Å².